The summed E-state index contributed by atoms with van der Waals surface area (Å²) in [6, 6.07) is 2.48. The number of methoxy groups -OCH3 is 1. The van der Waals surface area contributed by atoms with E-state index in [1.54, 1.807) is 0 Å². The Morgan fingerprint density at radius 3 is 2.35 bits per heavy atom. The fourth-order valence-electron chi connectivity index (χ4n) is 1.38. The van der Waals surface area contributed by atoms with Crippen LogP contribution in [-0.2, 0) is 5.60 Å². The Labute approximate surface area is 94.8 Å². The van der Waals surface area contributed by atoms with Gasteiger partial charge in [-0.2, -0.15) is 13.2 Å². The first kappa shape index (κ1) is 13.7. The smallest absolute Gasteiger partial charge is 0.422 e. The van der Waals surface area contributed by atoms with Gasteiger partial charge in [0.2, 0.25) is 5.60 Å². The lowest BCUT2D eigenvalue weighted by Gasteiger charge is -2.30. The zero-order valence-corrected chi connectivity index (χ0v) is 8.88. The molecule has 0 amide bonds. The lowest BCUT2D eigenvalue weighted by atomic mass is 9.92. The summed E-state index contributed by atoms with van der Waals surface area (Å²) >= 11 is 0. The molecule has 0 aliphatic rings. The van der Waals surface area contributed by atoms with E-state index in [1.165, 1.54) is 0 Å². The minimum Gasteiger partial charge on any atom is -0.496 e. The number of rotatable bonds is 3. The van der Waals surface area contributed by atoms with Crippen molar-refractivity contribution >= 4 is 0 Å². The maximum Gasteiger partial charge on any atom is 0.422 e. The lowest BCUT2D eigenvalue weighted by Crippen LogP contribution is -2.48. The van der Waals surface area contributed by atoms with Gasteiger partial charge in [-0.05, 0) is 18.2 Å². The SMILES string of the molecule is COc1ccc(F)cc1C(O)(CN)C(F)(F)F. The normalized spacial score (nSPS) is 15.5. The van der Waals surface area contributed by atoms with Crippen LogP contribution in [-0.4, -0.2) is 24.9 Å². The predicted molar refractivity (Wildman–Crippen MR) is 52.0 cm³/mol. The van der Waals surface area contributed by atoms with Crippen LogP contribution in [0.25, 0.3) is 0 Å². The highest BCUT2D eigenvalue weighted by Crippen LogP contribution is 2.42. The molecule has 3 N–H and O–H groups in total. The van der Waals surface area contributed by atoms with Crippen molar-refractivity contribution in [3.8, 4) is 5.75 Å². The highest BCUT2D eigenvalue weighted by Gasteiger charge is 2.55. The Morgan fingerprint density at radius 1 is 1.35 bits per heavy atom. The van der Waals surface area contributed by atoms with Crippen molar-refractivity contribution in [2.24, 2.45) is 5.73 Å². The van der Waals surface area contributed by atoms with E-state index >= 15 is 0 Å². The molecule has 1 unspecified atom stereocenters. The molecule has 0 radical (unpaired) electrons. The van der Waals surface area contributed by atoms with Gasteiger partial charge in [-0.3, -0.25) is 0 Å². The van der Waals surface area contributed by atoms with Crippen molar-refractivity contribution in [3.05, 3.63) is 29.6 Å². The van der Waals surface area contributed by atoms with Crippen LogP contribution in [0.5, 0.6) is 5.75 Å². The summed E-state index contributed by atoms with van der Waals surface area (Å²) < 4.78 is 55.8. The summed E-state index contributed by atoms with van der Waals surface area (Å²) in [5.41, 5.74) is 0.877. The molecule has 0 spiro atoms. The molecule has 1 aromatic rings. The number of hydrogen-bond acceptors (Lipinski definition) is 3. The van der Waals surface area contributed by atoms with Gasteiger partial charge in [0.15, 0.2) is 0 Å². The number of alkyl halides is 3. The maximum absolute atomic E-state index is 13.0. The molecule has 0 aliphatic heterocycles. The minimum atomic E-state index is -5.02. The second-order valence-corrected chi connectivity index (χ2v) is 3.41. The molecule has 0 aromatic heterocycles. The molecule has 0 bridgehead atoms. The summed E-state index contributed by atoms with van der Waals surface area (Å²) in [5.74, 6) is -1.20. The first-order valence-corrected chi connectivity index (χ1v) is 4.59. The van der Waals surface area contributed by atoms with Gasteiger partial charge in [0, 0.05) is 12.1 Å². The monoisotopic (exact) mass is 253 g/mol. The van der Waals surface area contributed by atoms with E-state index in [2.05, 4.69) is 4.74 Å². The topological polar surface area (TPSA) is 55.5 Å². The second-order valence-electron chi connectivity index (χ2n) is 3.41. The Bertz CT molecular complexity index is 408. The summed E-state index contributed by atoms with van der Waals surface area (Å²) in [4.78, 5) is 0. The van der Waals surface area contributed by atoms with Crippen LogP contribution >= 0.6 is 0 Å². The van der Waals surface area contributed by atoms with E-state index in [-0.39, 0.29) is 5.75 Å². The van der Waals surface area contributed by atoms with E-state index in [0.717, 1.165) is 19.2 Å². The largest absolute Gasteiger partial charge is 0.496 e. The van der Waals surface area contributed by atoms with Crippen molar-refractivity contribution in [1.82, 2.24) is 0 Å². The summed E-state index contributed by atoms with van der Waals surface area (Å²) in [7, 11) is 1.12. The van der Waals surface area contributed by atoms with Crippen molar-refractivity contribution < 1.29 is 27.4 Å². The van der Waals surface area contributed by atoms with Crippen LogP contribution in [0.1, 0.15) is 5.56 Å². The molecule has 1 atom stereocenters. The van der Waals surface area contributed by atoms with E-state index in [0.29, 0.717) is 6.07 Å². The number of ether oxygens (including phenoxy) is 1. The molecule has 0 aliphatic carbocycles. The fourth-order valence-corrected chi connectivity index (χ4v) is 1.38. The minimum absolute atomic E-state index is 0.281. The number of benzene rings is 1. The van der Waals surface area contributed by atoms with Gasteiger partial charge in [0.1, 0.15) is 11.6 Å². The summed E-state index contributed by atoms with van der Waals surface area (Å²) in [5, 5.41) is 9.57. The van der Waals surface area contributed by atoms with Crippen LogP contribution in [0.4, 0.5) is 17.6 Å². The Kier molecular flexibility index (Phi) is 3.63. The van der Waals surface area contributed by atoms with Crippen LogP contribution in [0, 0.1) is 5.82 Å². The zero-order chi connectivity index (χ0) is 13.3. The number of aliphatic hydroxyl groups is 1. The fraction of sp³-hybridized carbons (Fsp3) is 0.400. The molecule has 0 fully saturated rings. The number of halogens is 4. The molecule has 17 heavy (non-hydrogen) atoms. The Hall–Kier alpha value is -1.34. The molecule has 1 aromatic carbocycles. The van der Waals surface area contributed by atoms with Gasteiger partial charge in [-0.25, -0.2) is 4.39 Å². The van der Waals surface area contributed by atoms with Crippen LogP contribution < -0.4 is 10.5 Å². The van der Waals surface area contributed by atoms with Gasteiger partial charge < -0.3 is 15.6 Å². The van der Waals surface area contributed by atoms with Crippen LogP contribution in [0.2, 0.25) is 0 Å². The van der Waals surface area contributed by atoms with Gasteiger partial charge in [-0.15, -0.1) is 0 Å². The van der Waals surface area contributed by atoms with E-state index < -0.39 is 29.7 Å². The van der Waals surface area contributed by atoms with Gasteiger partial charge in [0.25, 0.3) is 0 Å². The molecule has 7 heteroatoms. The average Bonchev–Trinajstić information content (AvgIpc) is 2.26. The maximum atomic E-state index is 13.0. The van der Waals surface area contributed by atoms with Crippen molar-refractivity contribution in [2.45, 2.75) is 11.8 Å². The summed E-state index contributed by atoms with van der Waals surface area (Å²) in [6.45, 7) is -1.13. The Balaban J connectivity index is 3.43. The molecule has 3 nitrogen and oxygen atoms in total. The first-order valence-electron chi connectivity index (χ1n) is 4.59. The predicted octanol–water partition coefficient (Wildman–Crippen LogP) is 1.54. The van der Waals surface area contributed by atoms with E-state index in [4.69, 9.17) is 5.73 Å². The molecule has 0 saturated heterocycles. The number of hydrogen-bond donors (Lipinski definition) is 2. The molecular formula is C10H11F4NO2. The van der Waals surface area contributed by atoms with Gasteiger partial charge >= 0.3 is 6.18 Å². The number of nitrogens with two attached hydrogens (primary N) is 1. The van der Waals surface area contributed by atoms with Gasteiger partial charge in [-0.1, -0.05) is 0 Å². The highest BCUT2D eigenvalue weighted by molar-refractivity contribution is 5.39. The molecule has 1 rings (SSSR count). The molecule has 96 valence electrons. The third-order valence-electron chi connectivity index (χ3n) is 2.37. The third kappa shape index (κ3) is 2.34. The lowest BCUT2D eigenvalue weighted by molar-refractivity contribution is -0.262. The molecular weight excluding hydrogens is 242 g/mol. The summed E-state index contributed by atoms with van der Waals surface area (Å²) in [6.07, 6.45) is -5.02. The zero-order valence-electron chi connectivity index (χ0n) is 8.88. The quantitative estimate of drug-likeness (QED) is 0.803. The van der Waals surface area contributed by atoms with Crippen LogP contribution in [0.3, 0.4) is 0 Å². The van der Waals surface area contributed by atoms with E-state index in [1.807, 2.05) is 0 Å². The average molecular weight is 253 g/mol. The third-order valence-corrected chi connectivity index (χ3v) is 2.37. The van der Waals surface area contributed by atoms with Crippen molar-refractivity contribution in [1.29, 1.82) is 0 Å². The second kappa shape index (κ2) is 4.50. The van der Waals surface area contributed by atoms with Gasteiger partial charge in [0.05, 0.1) is 7.11 Å². The molecule has 0 saturated carbocycles. The Morgan fingerprint density at radius 2 is 1.94 bits per heavy atom. The first-order chi connectivity index (χ1) is 7.76. The molecule has 0 heterocycles. The standard InChI is InChI=1S/C10H11F4NO2/c1-17-8-3-2-6(11)4-7(8)9(16,5-15)10(12,13)14/h2-4,16H,5,15H2,1H3. The van der Waals surface area contributed by atoms with Crippen LogP contribution in [0.15, 0.2) is 18.2 Å². The van der Waals surface area contributed by atoms with Crippen molar-refractivity contribution in [2.75, 3.05) is 13.7 Å². The van der Waals surface area contributed by atoms with Crippen molar-refractivity contribution in [3.63, 3.8) is 0 Å². The van der Waals surface area contributed by atoms with E-state index in [9.17, 15) is 22.7 Å². The highest BCUT2D eigenvalue weighted by atomic mass is 19.4.